The molecule has 0 aliphatic heterocycles. The monoisotopic (exact) mass is 353 g/mol. The van der Waals surface area contributed by atoms with Crippen molar-refractivity contribution in [1.82, 2.24) is 5.32 Å². The number of hydrogen-bond donors (Lipinski definition) is 2. The van der Waals surface area contributed by atoms with Crippen LogP contribution < -0.4 is 14.8 Å². The molecule has 0 heterocycles. The number of hydrogen-bond acceptors (Lipinski definition) is 7. The number of ether oxygens (including phenoxy) is 3. The number of methoxy groups -OCH3 is 2. The van der Waals surface area contributed by atoms with Gasteiger partial charge >= 0.3 is 11.9 Å². The Kier molecular flexibility index (Phi) is 6.92. The van der Waals surface area contributed by atoms with Crippen molar-refractivity contribution in [2.75, 3.05) is 20.8 Å². The number of amides is 1. The summed E-state index contributed by atoms with van der Waals surface area (Å²) in [6, 6.07) is 4.29. The molecular weight excluding hydrogens is 334 g/mol. The molecular formula is C16H19NO8. The Morgan fingerprint density at radius 1 is 1.24 bits per heavy atom. The van der Waals surface area contributed by atoms with Crippen LogP contribution in [0.15, 0.2) is 18.2 Å². The molecule has 0 saturated heterocycles. The van der Waals surface area contributed by atoms with Gasteiger partial charge in [-0.1, -0.05) is 0 Å². The molecule has 136 valence electrons. The Balaban J connectivity index is 3.28. The van der Waals surface area contributed by atoms with Gasteiger partial charge in [0.1, 0.15) is 11.5 Å². The van der Waals surface area contributed by atoms with Gasteiger partial charge in [-0.3, -0.25) is 9.59 Å². The summed E-state index contributed by atoms with van der Waals surface area (Å²) in [5, 5.41) is 11.3. The fourth-order valence-electron chi connectivity index (χ4n) is 2.13. The van der Waals surface area contributed by atoms with E-state index < -0.39 is 29.7 Å². The van der Waals surface area contributed by atoms with Gasteiger partial charge in [0, 0.05) is 6.07 Å². The number of benzene rings is 1. The molecule has 1 aromatic carbocycles. The van der Waals surface area contributed by atoms with Crippen LogP contribution in [0.25, 0.3) is 0 Å². The number of carboxylic acids is 1. The smallest absolute Gasteiger partial charge is 0.344 e. The summed E-state index contributed by atoms with van der Waals surface area (Å²) in [5.41, 5.74) is -2.49. The van der Waals surface area contributed by atoms with Gasteiger partial charge in [0.15, 0.2) is 5.78 Å². The van der Waals surface area contributed by atoms with Crippen molar-refractivity contribution in [2.45, 2.75) is 18.9 Å². The first-order valence-electron chi connectivity index (χ1n) is 7.23. The highest BCUT2D eigenvalue weighted by atomic mass is 16.5. The van der Waals surface area contributed by atoms with Gasteiger partial charge in [-0.15, -0.1) is 0 Å². The third kappa shape index (κ3) is 4.25. The molecule has 1 aromatic rings. The second-order valence-corrected chi connectivity index (χ2v) is 4.86. The molecule has 0 aromatic heterocycles. The lowest BCUT2D eigenvalue weighted by atomic mass is 9.90. The van der Waals surface area contributed by atoms with Gasteiger partial charge in [0.2, 0.25) is 11.9 Å². The third-order valence-electron chi connectivity index (χ3n) is 3.43. The minimum atomic E-state index is -2.53. The predicted octanol–water partition coefficient (Wildman–Crippen LogP) is 0.409. The lowest BCUT2D eigenvalue weighted by molar-refractivity contribution is -0.163. The minimum absolute atomic E-state index is 0.0313. The zero-order valence-electron chi connectivity index (χ0n) is 14.0. The normalized spacial score (nSPS) is 12.4. The van der Waals surface area contributed by atoms with Crippen molar-refractivity contribution in [3.8, 4) is 11.5 Å². The molecule has 0 aliphatic carbocycles. The van der Waals surface area contributed by atoms with Crippen LogP contribution in [0.4, 0.5) is 0 Å². The van der Waals surface area contributed by atoms with Gasteiger partial charge in [-0.25, -0.2) is 9.59 Å². The van der Waals surface area contributed by atoms with Crippen LogP contribution in [0.3, 0.4) is 0 Å². The Hall–Kier alpha value is -3.10. The van der Waals surface area contributed by atoms with Gasteiger partial charge in [-0.05, 0) is 19.1 Å². The van der Waals surface area contributed by atoms with E-state index in [4.69, 9.17) is 14.2 Å². The molecule has 0 fully saturated rings. The molecule has 0 saturated carbocycles. The summed E-state index contributed by atoms with van der Waals surface area (Å²) < 4.78 is 14.8. The van der Waals surface area contributed by atoms with Crippen molar-refractivity contribution in [3.05, 3.63) is 23.8 Å². The van der Waals surface area contributed by atoms with Crippen LogP contribution in [-0.4, -0.2) is 55.6 Å². The molecule has 1 unspecified atom stereocenters. The second-order valence-electron chi connectivity index (χ2n) is 4.86. The van der Waals surface area contributed by atoms with E-state index in [-0.39, 0.29) is 24.3 Å². The highest BCUT2D eigenvalue weighted by Crippen LogP contribution is 2.27. The van der Waals surface area contributed by atoms with Gasteiger partial charge in [0.25, 0.3) is 0 Å². The van der Waals surface area contributed by atoms with E-state index in [0.717, 1.165) is 0 Å². The molecule has 9 heteroatoms. The molecule has 2 N–H and O–H groups in total. The van der Waals surface area contributed by atoms with Gasteiger partial charge < -0.3 is 24.6 Å². The van der Waals surface area contributed by atoms with E-state index in [0.29, 0.717) is 5.75 Å². The molecule has 1 rings (SSSR count). The van der Waals surface area contributed by atoms with Gasteiger partial charge in [0.05, 0.1) is 32.8 Å². The number of Topliss-reactive ketones (excluding diaryl/α,β-unsaturated/α-hetero) is 1. The maximum Gasteiger partial charge on any atom is 0.344 e. The zero-order valence-corrected chi connectivity index (χ0v) is 14.0. The Bertz CT molecular complexity index is 672. The molecule has 25 heavy (non-hydrogen) atoms. The summed E-state index contributed by atoms with van der Waals surface area (Å²) in [6.07, 6.45) is -0.813. The Labute approximate surface area is 143 Å². The number of aliphatic carboxylic acids is 1. The molecule has 1 amide bonds. The Morgan fingerprint density at radius 2 is 1.92 bits per heavy atom. The topological polar surface area (TPSA) is 128 Å². The lowest BCUT2D eigenvalue weighted by Gasteiger charge is -2.25. The van der Waals surface area contributed by atoms with Crippen molar-refractivity contribution in [3.63, 3.8) is 0 Å². The maximum absolute atomic E-state index is 12.6. The van der Waals surface area contributed by atoms with Gasteiger partial charge in [-0.2, -0.15) is 0 Å². The van der Waals surface area contributed by atoms with E-state index in [2.05, 4.69) is 0 Å². The molecule has 0 aliphatic rings. The standard InChI is InChI=1S/C16H19NO8/c1-4-25-15(22)16(14(20)21,17-9-18)8-12(19)11-6-5-10(23-2)7-13(11)24-3/h5-7,9H,4,8H2,1-3H3,(H,17,18)(H,20,21). The number of carbonyl (C=O) groups is 4. The van der Waals surface area contributed by atoms with Crippen LogP contribution in [0.1, 0.15) is 23.7 Å². The van der Waals surface area contributed by atoms with Crippen LogP contribution in [0, 0.1) is 0 Å². The molecule has 1 atom stereocenters. The van der Waals surface area contributed by atoms with E-state index in [1.165, 1.54) is 39.3 Å². The highest BCUT2D eigenvalue weighted by molar-refractivity contribution is 6.12. The van der Waals surface area contributed by atoms with Crippen LogP contribution >= 0.6 is 0 Å². The molecule has 0 spiro atoms. The number of rotatable bonds is 10. The summed E-state index contributed by atoms with van der Waals surface area (Å²) in [4.78, 5) is 47.1. The first-order chi connectivity index (χ1) is 11.9. The molecule has 0 bridgehead atoms. The quantitative estimate of drug-likeness (QED) is 0.268. The SMILES string of the molecule is CCOC(=O)C(CC(=O)c1ccc(OC)cc1OC)(NC=O)C(=O)O. The molecule has 9 nitrogen and oxygen atoms in total. The number of esters is 1. The minimum Gasteiger partial charge on any atom is -0.497 e. The van der Waals surface area contributed by atoms with Crippen LogP contribution in [0.2, 0.25) is 0 Å². The summed E-state index contributed by atoms with van der Waals surface area (Å²) in [5.74, 6) is -3.12. The fourth-order valence-corrected chi connectivity index (χ4v) is 2.13. The Morgan fingerprint density at radius 3 is 2.40 bits per heavy atom. The van der Waals surface area contributed by atoms with E-state index in [1.807, 2.05) is 5.32 Å². The van der Waals surface area contributed by atoms with Crippen LogP contribution in [-0.2, 0) is 19.1 Å². The fraction of sp³-hybridized carbons (Fsp3) is 0.375. The average molecular weight is 353 g/mol. The van der Waals surface area contributed by atoms with E-state index in [1.54, 1.807) is 0 Å². The van der Waals surface area contributed by atoms with Crippen molar-refractivity contribution in [2.24, 2.45) is 0 Å². The predicted molar refractivity (Wildman–Crippen MR) is 84.7 cm³/mol. The van der Waals surface area contributed by atoms with Crippen molar-refractivity contribution in [1.29, 1.82) is 0 Å². The van der Waals surface area contributed by atoms with Crippen LogP contribution in [0.5, 0.6) is 11.5 Å². The highest BCUT2D eigenvalue weighted by Gasteiger charge is 2.50. The zero-order chi connectivity index (χ0) is 19.0. The average Bonchev–Trinajstić information content (AvgIpc) is 2.60. The van der Waals surface area contributed by atoms with E-state index in [9.17, 15) is 24.3 Å². The third-order valence-corrected chi connectivity index (χ3v) is 3.43. The number of carboxylic acid groups (broad SMARTS) is 1. The molecule has 0 radical (unpaired) electrons. The largest absolute Gasteiger partial charge is 0.497 e. The number of carbonyl (C=O) groups excluding carboxylic acids is 3. The van der Waals surface area contributed by atoms with E-state index >= 15 is 0 Å². The first kappa shape index (κ1) is 19.9. The second kappa shape index (κ2) is 8.67. The summed E-state index contributed by atoms with van der Waals surface area (Å²) in [6.45, 7) is 1.36. The van der Waals surface area contributed by atoms with Crippen molar-refractivity contribution < 1.29 is 38.5 Å². The number of ketones is 1. The summed E-state index contributed by atoms with van der Waals surface area (Å²) in [7, 11) is 2.76. The summed E-state index contributed by atoms with van der Waals surface area (Å²) >= 11 is 0. The lowest BCUT2D eigenvalue weighted by Crippen LogP contribution is -2.59. The first-order valence-corrected chi connectivity index (χ1v) is 7.23. The maximum atomic E-state index is 12.6. The van der Waals surface area contributed by atoms with Crippen molar-refractivity contribution >= 4 is 24.1 Å². The number of nitrogens with one attached hydrogen (secondary N) is 1.